The Bertz CT molecular complexity index is 410. The highest BCUT2D eigenvalue weighted by Crippen LogP contribution is 2.37. The van der Waals surface area contributed by atoms with Gasteiger partial charge in [-0.2, -0.15) is 11.8 Å². The summed E-state index contributed by atoms with van der Waals surface area (Å²) < 4.78 is 0. The van der Waals surface area contributed by atoms with Gasteiger partial charge in [0.15, 0.2) is 0 Å². The van der Waals surface area contributed by atoms with Crippen LogP contribution in [0.3, 0.4) is 0 Å². The van der Waals surface area contributed by atoms with Crippen LogP contribution in [0.5, 0.6) is 0 Å². The molecule has 0 amide bonds. The van der Waals surface area contributed by atoms with Crippen molar-refractivity contribution >= 4 is 23.1 Å². The molecule has 2 aliphatic carbocycles. The van der Waals surface area contributed by atoms with E-state index in [0.717, 1.165) is 11.0 Å². The first-order chi connectivity index (χ1) is 9.36. The molecule has 1 N–H and O–H groups in total. The third-order valence-electron chi connectivity index (χ3n) is 4.34. The summed E-state index contributed by atoms with van der Waals surface area (Å²) in [6, 6.07) is 0.565. The molecule has 1 fully saturated rings. The van der Waals surface area contributed by atoms with Gasteiger partial charge in [0.05, 0.1) is 5.69 Å². The summed E-state index contributed by atoms with van der Waals surface area (Å²) in [5.74, 6) is 1.14. The van der Waals surface area contributed by atoms with Crippen LogP contribution in [-0.2, 0) is 12.2 Å². The molecule has 1 aromatic rings. The van der Waals surface area contributed by atoms with Gasteiger partial charge in [-0.1, -0.05) is 19.3 Å². The molecule has 106 valence electrons. The predicted octanol–water partition coefficient (Wildman–Crippen LogP) is 4.31. The van der Waals surface area contributed by atoms with Crippen LogP contribution < -0.4 is 5.32 Å². The molecule has 1 heterocycles. The lowest BCUT2D eigenvalue weighted by molar-refractivity contribution is 0.501. The molecule has 1 unspecified atom stereocenters. The number of aromatic nitrogens is 1. The quantitative estimate of drug-likeness (QED) is 0.896. The van der Waals surface area contributed by atoms with Gasteiger partial charge in [0.2, 0.25) is 0 Å². The van der Waals surface area contributed by atoms with Gasteiger partial charge in [0.1, 0.15) is 5.01 Å². The summed E-state index contributed by atoms with van der Waals surface area (Å²) >= 11 is 4.11. The molecule has 0 bridgehead atoms. The Balaban J connectivity index is 1.60. The second-order valence-corrected chi connectivity index (χ2v) is 8.13. The maximum atomic E-state index is 4.89. The monoisotopic (exact) mass is 296 g/mol. The van der Waals surface area contributed by atoms with Gasteiger partial charge in [-0.05, 0) is 39.2 Å². The standard InChI is InChI=1S/C15H24N2S2/c1-16-12-8-5-9-13-15(12)19-14(17-13)10-18-11-6-3-2-4-7-11/h11-12,16H,2-10H2,1H3. The molecule has 2 nitrogen and oxygen atoms in total. The average molecular weight is 297 g/mol. The van der Waals surface area contributed by atoms with Gasteiger partial charge < -0.3 is 5.32 Å². The molecular weight excluding hydrogens is 272 g/mol. The fourth-order valence-electron chi connectivity index (χ4n) is 3.23. The van der Waals surface area contributed by atoms with Crippen LogP contribution in [0.1, 0.15) is 66.6 Å². The molecular formula is C15H24N2S2. The topological polar surface area (TPSA) is 24.9 Å². The Morgan fingerprint density at radius 1 is 1.21 bits per heavy atom. The molecule has 0 saturated heterocycles. The number of thiazole rings is 1. The molecule has 1 aromatic heterocycles. The lowest BCUT2D eigenvalue weighted by atomic mass is 9.98. The van der Waals surface area contributed by atoms with Gasteiger partial charge in [0, 0.05) is 21.9 Å². The first kappa shape index (κ1) is 13.9. The molecule has 3 rings (SSSR count). The Morgan fingerprint density at radius 2 is 2.05 bits per heavy atom. The fraction of sp³-hybridized carbons (Fsp3) is 0.800. The zero-order valence-electron chi connectivity index (χ0n) is 11.8. The number of rotatable bonds is 4. The lowest BCUT2D eigenvalue weighted by Crippen LogP contribution is -2.19. The van der Waals surface area contributed by atoms with Crippen LogP contribution in [0.4, 0.5) is 0 Å². The van der Waals surface area contributed by atoms with E-state index in [4.69, 9.17) is 4.98 Å². The largest absolute Gasteiger partial charge is 0.312 e. The van der Waals surface area contributed by atoms with Crippen molar-refractivity contribution in [2.24, 2.45) is 0 Å². The van der Waals surface area contributed by atoms with E-state index < -0.39 is 0 Å². The van der Waals surface area contributed by atoms with E-state index in [1.54, 1.807) is 0 Å². The number of hydrogen-bond donors (Lipinski definition) is 1. The Hall–Kier alpha value is -0.0600. The van der Waals surface area contributed by atoms with Crippen molar-refractivity contribution in [1.82, 2.24) is 10.3 Å². The number of hydrogen-bond acceptors (Lipinski definition) is 4. The number of nitrogens with one attached hydrogen (secondary N) is 1. The molecule has 2 aliphatic rings. The molecule has 0 aliphatic heterocycles. The molecule has 4 heteroatoms. The van der Waals surface area contributed by atoms with Crippen LogP contribution in [0.2, 0.25) is 0 Å². The van der Waals surface area contributed by atoms with E-state index in [-0.39, 0.29) is 0 Å². The van der Waals surface area contributed by atoms with Crippen molar-refractivity contribution in [3.63, 3.8) is 0 Å². The van der Waals surface area contributed by atoms with Crippen LogP contribution in [0.15, 0.2) is 0 Å². The highest BCUT2D eigenvalue weighted by atomic mass is 32.2. The van der Waals surface area contributed by atoms with Crippen molar-refractivity contribution in [2.75, 3.05) is 7.05 Å². The minimum Gasteiger partial charge on any atom is -0.312 e. The van der Waals surface area contributed by atoms with E-state index in [2.05, 4.69) is 24.1 Å². The van der Waals surface area contributed by atoms with E-state index in [1.165, 1.54) is 66.9 Å². The zero-order chi connectivity index (χ0) is 13.1. The Labute approximate surface area is 124 Å². The fourth-order valence-corrected chi connectivity index (χ4v) is 5.83. The third-order valence-corrected chi connectivity index (χ3v) is 7.11. The second-order valence-electron chi connectivity index (χ2n) is 5.72. The van der Waals surface area contributed by atoms with E-state index in [0.29, 0.717) is 6.04 Å². The second kappa shape index (κ2) is 6.59. The summed E-state index contributed by atoms with van der Waals surface area (Å²) in [7, 11) is 2.08. The first-order valence-corrected chi connectivity index (χ1v) is 9.50. The highest BCUT2D eigenvalue weighted by molar-refractivity contribution is 7.99. The van der Waals surface area contributed by atoms with Crippen molar-refractivity contribution in [3.05, 3.63) is 15.6 Å². The molecule has 1 saturated carbocycles. The van der Waals surface area contributed by atoms with Crippen molar-refractivity contribution in [3.8, 4) is 0 Å². The first-order valence-electron chi connectivity index (χ1n) is 7.64. The lowest BCUT2D eigenvalue weighted by Gasteiger charge is -2.20. The van der Waals surface area contributed by atoms with Crippen molar-refractivity contribution in [1.29, 1.82) is 0 Å². The minimum absolute atomic E-state index is 0.565. The van der Waals surface area contributed by atoms with Crippen LogP contribution in [0.25, 0.3) is 0 Å². The zero-order valence-corrected chi connectivity index (χ0v) is 13.4. The van der Waals surface area contributed by atoms with Gasteiger partial charge in [-0.3, -0.25) is 0 Å². The van der Waals surface area contributed by atoms with E-state index in [1.807, 2.05) is 11.3 Å². The molecule has 19 heavy (non-hydrogen) atoms. The number of thioether (sulfide) groups is 1. The average Bonchev–Trinajstić information content (AvgIpc) is 2.89. The number of fused-ring (bicyclic) bond motifs is 1. The summed E-state index contributed by atoms with van der Waals surface area (Å²) in [6.07, 6.45) is 10.9. The highest BCUT2D eigenvalue weighted by Gasteiger charge is 2.23. The molecule has 0 radical (unpaired) electrons. The summed E-state index contributed by atoms with van der Waals surface area (Å²) in [4.78, 5) is 6.41. The number of aryl methyl sites for hydroxylation is 1. The predicted molar refractivity (Wildman–Crippen MR) is 85.0 cm³/mol. The molecule has 1 atom stereocenters. The van der Waals surface area contributed by atoms with Gasteiger partial charge in [0.25, 0.3) is 0 Å². The molecule has 0 aromatic carbocycles. The van der Waals surface area contributed by atoms with Gasteiger partial charge in [-0.15, -0.1) is 11.3 Å². The third kappa shape index (κ3) is 3.34. The summed E-state index contributed by atoms with van der Waals surface area (Å²) in [6.45, 7) is 0. The van der Waals surface area contributed by atoms with Gasteiger partial charge >= 0.3 is 0 Å². The normalized spacial score (nSPS) is 24.4. The van der Waals surface area contributed by atoms with Crippen LogP contribution in [0, 0.1) is 0 Å². The van der Waals surface area contributed by atoms with Crippen molar-refractivity contribution in [2.45, 2.75) is 68.4 Å². The SMILES string of the molecule is CNC1CCCc2nc(CSC3CCCCC3)sc21. The summed E-state index contributed by atoms with van der Waals surface area (Å²) in [5.41, 5.74) is 1.38. The summed E-state index contributed by atoms with van der Waals surface area (Å²) in [5, 5.41) is 5.70. The van der Waals surface area contributed by atoms with E-state index in [9.17, 15) is 0 Å². The Morgan fingerprint density at radius 3 is 2.84 bits per heavy atom. The van der Waals surface area contributed by atoms with Crippen LogP contribution in [-0.4, -0.2) is 17.3 Å². The maximum absolute atomic E-state index is 4.89. The minimum atomic E-state index is 0.565. The number of nitrogens with zero attached hydrogens (tertiary/aromatic N) is 1. The van der Waals surface area contributed by atoms with Crippen LogP contribution >= 0.6 is 23.1 Å². The van der Waals surface area contributed by atoms with Gasteiger partial charge in [-0.25, -0.2) is 4.98 Å². The maximum Gasteiger partial charge on any atom is 0.103 e. The smallest absolute Gasteiger partial charge is 0.103 e. The Kier molecular flexibility index (Phi) is 4.83. The van der Waals surface area contributed by atoms with E-state index >= 15 is 0 Å². The van der Waals surface area contributed by atoms with Crippen molar-refractivity contribution < 1.29 is 0 Å². The molecule has 0 spiro atoms.